The Bertz CT molecular complexity index is 516. The Kier molecular flexibility index (Phi) is 5.90. The maximum Gasteiger partial charge on any atom is 0.191 e. The molecule has 116 valence electrons. The summed E-state index contributed by atoms with van der Waals surface area (Å²) in [7, 11) is 0. The molecule has 1 aliphatic heterocycles. The molecule has 0 amide bonds. The van der Waals surface area contributed by atoms with Crippen molar-refractivity contribution in [1.29, 1.82) is 0 Å². The first-order valence-corrected chi connectivity index (χ1v) is 8.47. The van der Waals surface area contributed by atoms with Gasteiger partial charge < -0.3 is 15.5 Å². The van der Waals surface area contributed by atoms with Crippen LogP contribution in [0.4, 0.5) is 0 Å². The number of guanidine groups is 1. The Morgan fingerprint density at radius 2 is 2.14 bits per heavy atom. The van der Waals surface area contributed by atoms with Crippen LogP contribution in [0.25, 0.3) is 0 Å². The average molecular weight is 374 g/mol. The van der Waals surface area contributed by atoms with Crippen LogP contribution in [0, 0.1) is 0 Å². The fourth-order valence-electron chi connectivity index (χ4n) is 2.59. The summed E-state index contributed by atoms with van der Waals surface area (Å²) in [6, 6.07) is 6.24. The summed E-state index contributed by atoms with van der Waals surface area (Å²) >= 11 is 9.63. The van der Waals surface area contributed by atoms with E-state index in [0.29, 0.717) is 12.5 Å². The van der Waals surface area contributed by atoms with Crippen LogP contribution in [-0.4, -0.2) is 48.5 Å². The number of nitrogens with two attached hydrogens (primary N) is 1. The van der Waals surface area contributed by atoms with E-state index in [1.165, 1.54) is 0 Å². The van der Waals surface area contributed by atoms with Crippen LogP contribution < -0.4 is 5.73 Å². The lowest BCUT2D eigenvalue weighted by Crippen LogP contribution is -2.41. The number of rotatable bonds is 6. The summed E-state index contributed by atoms with van der Waals surface area (Å²) in [4.78, 5) is 8.97. The van der Waals surface area contributed by atoms with Crippen LogP contribution in [0.3, 0.4) is 0 Å². The van der Waals surface area contributed by atoms with Gasteiger partial charge in [0.2, 0.25) is 0 Å². The molecule has 1 unspecified atom stereocenters. The number of halogens is 2. The molecule has 1 aromatic rings. The molecule has 0 saturated heterocycles. The van der Waals surface area contributed by atoms with Gasteiger partial charge >= 0.3 is 0 Å². The number of aliphatic imine (C=N–C) groups is 1. The average Bonchev–Trinajstić information content (AvgIpc) is 2.84. The Hall–Kier alpha value is -0.780. The Morgan fingerprint density at radius 1 is 1.43 bits per heavy atom. The first-order chi connectivity index (χ1) is 10.1. The van der Waals surface area contributed by atoms with Crippen molar-refractivity contribution in [2.24, 2.45) is 10.7 Å². The second kappa shape index (κ2) is 7.47. The molecule has 1 aromatic carbocycles. The lowest BCUT2D eigenvalue weighted by molar-refractivity contribution is 0.248. The van der Waals surface area contributed by atoms with E-state index in [2.05, 4.69) is 50.6 Å². The molecule has 0 saturated carbocycles. The van der Waals surface area contributed by atoms with Gasteiger partial charge in [-0.05, 0) is 46.7 Å². The van der Waals surface area contributed by atoms with Crippen molar-refractivity contribution in [3.63, 3.8) is 0 Å². The third-order valence-electron chi connectivity index (χ3n) is 3.98. The van der Waals surface area contributed by atoms with Gasteiger partial charge in [-0.1, -0.05) is 31.5 Å². The van der Waals surface area contributed by atoms with E-state index in [4.69, 9.17) is 17.3 Å². The lowest BCUT2D eigenvalue weighted by atomic mass is 10.1. The predicted molar refractivity (Wildman–Crippen MR) is 92.9 cm³/mol. The Balaban J connectivity index is 2.10. The summed E-state index contributed by atoms with van der Waals surface area (Å²) in [5.74, 6) is 0.631. The van der Waals surface area contributed by atoms with Gasteiger partial charge in [0, 0.05) is 17.6 Å². The highest BCUT2D eigenvalue weighted by Crippen LogP contribution is 2.30. The molecule has 6 heteroatoms. The van der Waals surface area contributed by atoms with E-state index in [9.17, 15) is 0 Å². The normalized spacial score (nSPS) is 18.4. The molecular formula is C15H22BrClN4. The third-order valence-corrected chi connectivity index (χ3v) is 5.21. The summed E-state index contributed by atoms with van der Waals surface area (Å²) < 4.78 is 0.912. The van der Waals surface area contributed by atoms with E-state index >= 15 is 0 Å². The minimum Gasteiger partial charge on any atom is -0.370 e. The minimum absolute atomic E-state index is 0.186. The molecule has 2 rings (SSSR count). The van der Waals surface area contributed by atoms with Crippen LogP contribution >= 0.6 is 27.5 Å². The number of nitrogens with zero attached hydrogens (tertiary/aromatic N) is 3. The van der Waals surface area contributed by atoms with Crippen LogP contribution in [0.5, 0.6) is 0 Å². The number of hydrogen-bond donors (Lipinski definition) is 1. The third kappa shape index (κ3) is 3.90. The minimum atomic E-state index is 0.186. The summed E-state index contributed by atoms with van der Waals surface area (Å²) in [6.45, 7) is 9.03. The summed E-state index contributed by atoms with van der Waals surface area (Å²) in [6.07, 6.45) is 0. The highest BCUT2D eigenvalue weighted by molar-refractivity contribution is 9.10. The predicted octanol–water partition coefficient (Wildman–Crippen LogP) is 3.12. The largest absolute Gasteiger partial charge is 0.370 e. The van der Waals surface area contributed by atoms with Crippen LogP contribution in [-0.2, 0) is 0 Å². The molecule has 0 aromatic heterocycles. The zero-order valence-electron chi connectivity index (χ0n) is 12.5. The molecule has 1 heterocycles. The molecular weight excluding hydrogens is 352 g/mol. The Labute approximate surface area is 140 Å². The van der Waals surface area contributed by atoms with E-state index in [1.54, 1.807) is 0 Å². The molecule has 1 aliphatic rings. The highest BCUT2D eigenvalue weighted by atomic mass is 79.9. The zero-order valence-corrected chi connectivity index (χ0v) is 14.9. The second-order valence-corrected chi connectivity index (χ2v) is 6.37. The van der Waals surface area contributed by atoms with Crippen LogP contribution in [0.2, 0.25) is 5.02 Å². The van der Waals surface area contributed by atoms with E-state index in [-0.39, 0.29) is 6.04 Å². The van der Waals surface area contributed by atoms with Crippen molar-refractivity contribution in [1.82, 2.24) is 9.80 Å². The molecule has 4 nitrogen and oxygen atoms in total. The fraction of sp³-hybridized carbons (Fsp3) is 0.533. The maximum absolute atomic E-state index is 6.21. The molecule has 0 fully saturated rings. The molecule has 0 aliphatic carbocycles. The van der Waals surface area contributed by atoms with Crippen molar-refractivity contribution in [2.45, 2.75) is 19.9 Å². The smallest absolute Gasteiger partial charge is 0.191 e. The zero-order chi connectivity index (χ0) is 15.4. The van der Waals surface area contributed by atoms with Gasteiger partial charge in [0.05, 0.1) is 17.6 Å². The van der Waals surface area contributed by atoms with Crippen molar-refractivity contribution >= 4 is 33.5 Å². The quantitative estimate of drug-likeness (QED) is 0.833. The van der Waals surface area contributed by atoms with Crippen molar-refractivity contribution in [2.75, 3.05) is 32.7 Å². The molecule has 21 heavy (non-hydrogen) atoms. The maximum atomic E-state index is 6.21. The van der Waals surface area contributed by atoms with Gasteiger partial charge in [-0.25, -0.2) is 0 Å². The molecule has 1 atom stereocenters. The molecule has 0 radical (unpaired) electrons. The second-order valence-electron chi connectivity index (χ2n) is 5.11. The van der Waals surface area contributed by atoms with Crippen molar-refractivity contribution in [3.05, 3.63) is 33.3 Å². The van der Waals surface area contributed by atoms with Crippen molar-refractivity contribution < 1.29 is 0 Å². The fourth-order valence-corrected chi connectivity index (χ4v) is 3.03. The molecule has 0 bridgehead atoms. The van der Waals surface area contributed by atoms with Crippen molar-refractivity contribution in [3.8, 4) is 0 Å². The lowest BCUT2D eigenvalue weighted by Gasteiger charge is -2.29. The molecule has 2 N–H and O–H groups in total. The van der Waals surface area contributed by atoms with Gasteiger partial charge in [-0.15, -0.1) is 0 Å². The molecule has 0 spiro atoms. The van der Waals surface area contributed by atoms with Gasteiger partial charge in [-0.2, -0.15) is 0 Å². The first-order valence-electron chi connectivity index (χ1n) is 7.30. The van der Waals surface area contributed by atoms with Gasteiger partial charge in [-0.3, -0.25) is 4.99 Å². The SMILES string of the molecule is CCN(CC)CCN1C(N)=NCC1c1ccc(Br)c(Cl)c1. The topological polar surface area (TPSA) is 44.9 Å². The summed E-state index contributed by atoms with van der Waals surface area (Å²) in [5.41, 5.74) is 7.22. The summed E-state index contributed by atoms with van der Waals surface area (Å²) in [5, 5.41) is 0.724. The monoisotopic (exact) mass is 372 g/mol. The number of hydrogen-bond acceptors (Lipinski definition) is 4. The van der Waals surface area contributed by atoms with E-state index in [0.717, 1.165) is 41.2 Å². The van der Waals surface area contributed by atoms with Gasteiger partial charge in [0.25, 0.3) is 0 Å². The van der Waals surface area contributed by atoms with E-state index < -0.39 is 0 Å². The van der Waals surface area contributed by atoms with Crippen LogP contribution in [0.1, 0.15) is 25.5 Å². The first kappa shape index (κ1) is 16.6. The number of likely N-dealkylation sites (N-methyl/N-ethyl adjacent to an activating group) is 1. The van der Waals surface area contributed by atoms with Gasteiger partial charge in [0.1, 0.15) is 0 Å². The van der Waals surface area contributed by atoms with Crippen LogP contribution in [0.15, 0.2) is 27.7 Å². The van der Waals surface area contributed by atoms with E-state index in [1.807, 2.05) is 12.1 Å². The number of benzene rings is 1. The Morgan fingerprint density at radius 3 is 2.76 bits per heavy atom. The van der Waals surface area contributed by atoms with Gasteiger partial charge in [0.15, 0.2) is 5.96 Å². The standard InChI is InChI=1S/C15H22BrClN4/c1-3-20(4-2)7-8-21-14(10-19-15(21)18)11-5-6-12(16)13(17)9-11/h5-6,9,14H,3-4,7-8,10H2,1-2H3,(H2,18,19). The highest BCUT2D eigenvalue weighted by Gasteiger charge is 2.27.